The quantitative estimate of drug-likeness (QED) is 0.704. The summed E-state index contributed by atoms with van der Waals surface area (Å²) >= 11 is 0. The first-order valence-corrected chi connectivity index (χ1v) is 4.02. The van der Waals surface area contributed by atoms with E-state index in [1.165, 1.54) is 6.92 Å². The van der Waals surface area contributed by atoms with Gasteiger partial charge in [-0.3, -0.25) is 4.79 Å². The standard InChI is InChI=1S/C9H12N2O2/c1-6-4-3-5-10-8(6)11-9(13)7(2)12/h3-5,7,12H,1-2H3,(H,10,11,13). The van der Waals surface area contributed by atoms with Crippen molar-refractivity contribution < 1.29 is 9.90 Å². The van der Waals surface area contributed by atoms with Crippen LogP contribution in [0.1, 0.15) is 12.5 Å². The molecule has 1 unspecified atom stereocenters. The molecule has 0 saturated carbocycles. The minimum Gasteiger partial charge on any atom is -0.384 e. The first-order valence-electron chi connectivity index (χ1n) is 4.02. The Morgan fingerprint density at radius 3 is 2.92 bits per heavy atom. The lowest BCUT2D eigenvalue weighted by Crippen LogP contribution is -2.25. The van der Waals surface area contributed by atoms with Crippen molar-refractivity contribution in [2.24, 2.45) is 0 Å². The van der Waals surface area contributed by atoms with E-state index in [1.807, 2.05) is 13.0 Å². The van der Waals surface area contributed by atoms with Gasteiger partial charge in [0, 0.05) is 6.20 Å². The molecule has 1 atom stereocenters. The molecule has 1 heterocycles. The number of nitrogens with zero attached hydrogens (tertiary/aromatic N) is 1. The van der Waals surface area contributed by atoms with Crippen LogP contribution in [0.4, 0.5) is 5.82 Å². The SMILES string of the molecule is Cc1cccnc1NC(=O)C(C)O. The van der Waals surface area contributed by atoms with Crippen LogP contribution in [0.3, 0.4) is 0 Å². The number of amides is 1. The van der Waals surface area contributed by atoms with Gasteiger partial charge in [-0.05, 0) is 25.5 Å². The molecule has 0 fully saturated rings. The number of aryl methyl sites for hydroxylation is 1. The summed E-state index contributed by atoms with van der Waals surface area (Å²) in [5.41, 5.74) is 0.872. The molecule has 0 aliphatic rings. The number of anilines is 1. The van der Waals surface area contributed by atoms with Crippen LogP contribution in [0.25, 0.3) is 0 Å². The Morgan fingerprint density at radius 1 is 1.69 bits per heavy atom. The average Bonchev–Trinajstić information content (AvgIpc) is 2.08. The zero-order chi connectivity index (χ0) is 9.84. The van der Waals surface area contributed by atoms with Crippen LogP contribution < -0.4 is 5.32 Å². The smallest absolute Gasteiger partial charge is 0.254 e. The van der Waals surface area contributed by atoms with Gasteiger partial charge in [0.2, 0.25) is 0 Å². The summed E-state index contributed by atoms with van der Waals surface area (Å²) in [4.78, 5) is 15.0. The molecule has 0 saturated heterocycles. The van der Waals surface area contributed by atoms with E-state index in [0.29, 0.717) is 5.82 Å². The van der Waals surface area contributed by atoms with E-state index in [-0.39, 0.29) is 0 Å². The summed E-state index contributed by atoms with van der Waals surface area (Å²) < 4.78 is 0. The number of aromatic nitrogens is 1. The van der Waals surface area contributed by atoms with Crippen LogP contribution in [-0.4, -0.2) is 22.1 Å². The molecule has 0 aromatic carbocycles. The van der Waals surface area contributed by atoms with E-state index in [0.717, 1.165) is 5.56 Å². The second-order valence-electron chi connectivity index (χ2n) is 2.83. The number of hydrogen-bond donors (Lipinski definition) is 2. The van der Waals surface area contributed by atoms with Gasteiger partial charge in [-0.1, -0.05) is 6.07 Å². The maximum atomic E-state index is 11.1. The molecule has 4 nitrogen and oxygen atoms in total. The molecule has 0 aliphatic carbocycles. The van der Waals surface area contributed by atoms with Crippen LogP contribution >= 0.6 is 0 Å². The van der Waals surface area contributed by atoms with E-state index in [2.05, 4.69) is 10.3 Å². The van der Waals surface area contributed by atoms with E-state index >= 15 is 0 Å². The first-order chi connectivity index (χ1) is 6.11. The van der Waals surface area contributed by atoms with Crippen molar-refractivity contribution in [2.75, 3.05) is 5.32 Å². The molecule has 2 N–H and O–H groups in total. The molecule has 13 heavy (non-hydrogen) atoms. The maximum Gasteiger partial charge on any atom is 0.254 e. The molecule has 70 valence electrons. The Balaban J connectivity index is 2.75. The van der Waals surface area contributed by atoms with Crippen molar-refractivity contribution >= 4 is 11.7 Å². The largest absolute Gasteiger partial charge is 0.384 e. The molecular weight excluding hydrogens is 168 g/mol. The average molecular weight is 180 g/mol. The Hall–Kier alpha value is -1.42. The topological polar surface area (TPSA) is 62.2 Å². The molecule has 0 radical (unpaired) electrons. The zero-order valence-corrected chi connectivity index (χ0v) is 7.61. The zero-order valence-electron chi connectivity index (χ0n) is 7.61. The fourth-order valence-corrected chi connectivity index (χ4v) is 0.838. The van der Waals surface area contributed by atoms with E-state index in [9.17, 15) is 4.79 Å². The summed E-state index contributed by atoms with van der Waals surface area (Å²) in [5.74, 6) is 0.0511. The molecule has 0 bridgehead atoms. The van der Waals surface area contributed by atoms with Gasteiger partial charge in [-0.25, -0.2) is 4.98 Å². The lowest BCUT2D eigenvalue weighted by atomic mass is 10.3. The monoisotopic (exact) mass is 180 g/mol. The van der Waals surface area contributed by atoms with Crippen molar-refractivity contribution in [1.29, 1.82) is 0 Å². The van der Waals surface area contributed by atoms with Gasteiger partial charge in [0.1, 0.15) is 11.9 Å². The molecule has 4 heteroatoms. The van der Waals surface area contributed by atoms with E-state index in [1.54, 1.807) is 12.3 Å². The second kappa shape index (κ2) is 4.00. The molecule has 1 aromatic heterocycles. The number of pyridine rings is 1. The van der Waals surface area contributed by atoms with Gasteiger partial charge in [0.25, 0.3) is 5.91 Å². The first kappa shape index (κ1) is 9.67. The minimum absolute atomic E-state index is 0.443. The van der Waals surface area contributed by atoms with Crippen molar-refractivity contribution in [3.63, 3.8) is 0 Å². The third kappa shape index (κ3) is 2.52. The Kier molecular flexibility index (Phi) is 2.97. The van der Waals surface area contributed by atoms with Crippen LogP contribution in [0.2, 0.25) is 0 Å². The molecule has 1 aromatic rings. The Bertz CT molecular complexity index is 310. The Morgan fingerprint density at radius 2 is 2.38 bits per heavy atom. The van der Waals surface area contributed by atoms with Crippen molar-refractivity contribution in [1.82, 2.24) is 4.98 Å². The fourth-order valence-electron chi connectivity index (χ4n) is 0.838. The van der Waals surface area contributed by atoms with Gasteiger partial charge < -0.3 is 10.4 Å². The van der Waals surface area contributed by atoms with Crippen molar-refractivity contribution in [3.8, 4) is 0 Å². The number of rotatable bonds is 2. The number of carbonyl (C=O) groups excluding carboxylic acids is 1. The molecular formula is C9H12N2O2. The molecule has 0 spiro atoms. The lowest BCUT2D eigenvalue weighted by molar-refractivity contribution is -0.123. The molecule has 0 aliphatic heterocycles. The van der Waals surface area contributed by atoms with E-state index in [4.69, 9.17) is 5.11 Å². The highest BCUT2D eigenvalue weighted by atomic mass is 16.3. The number of hydrogen-bond acceptors (Lipinski definition) is 3. The van der Waals surface area contributed by atoms with Gasteiger partial charge in [-0.2, -0.15) is 0 Å². The second-order valence-corrected chi connectivity index (χ2v) is 2.83. The highest BCUT2D eigenvalue weighted by molar-refractivity contribution is 5.93. The van der Waals surface area contributed by atoms with Crippen LogP contribution in [0.15, 0.2) is 18.3 Å². The minimum atomic E-state index is -1.01. The normalized spacial score (nSPS) is 12.2. The summed E-state index contributed by atoms with van der Waals surface area (Å²) in [6.45, 7) is 3.25. The summed E-state index contributed by atoms with van der Waals surface area (Å²) in [6, 6.07) is 3.62. The maximum absolute atomic E-state index is 11.1. The number of aliphatic hydroxyl groups excluding tert-OH is 1. The summed E-state index contributed by atoms with van der Waals surface area (Å²) in [5, 5.41) is 11.4. The molecule has 1 rings (SSSR count). The number of nitrogens with one attached hydrogen (secondary N) is 1. The van der Waals surface area contributed by atoms with Gasteiger partial charge in [0.15, 0.2) is 0 Å². The highest BCUT2D eigenvalue weighted by Crippen LogP contribution is 2.08. The Labute approximate surface area is 76.6 Å². The van der Waals surface area contributed by atoms with Crippen LogP contribution in [0.5, 0.6) is 0 Å². The third-order valence-corrected chi connectivity index (χ3v) is 1.63. The fraction of sp³-hybridized carbons (Fsp3) is 0.333. The summed E-state index contributed by atoms with van der Waals surface area (Å²) in [7, 11) is 0. The predicted molar refractivity (Wildman–Crippen MR) is 49.3 cm³/mol. The van der Waals surface area contributed by atoms with Crippen molar-refractivity contribution in [2.45, 2.75) is 20.0 Å². The van der Waals surface area contributed by atoms with Gasteiger partial charge in [-0.15, -0.1) is 0 Å². The van der Waals surface area contributed by atoms with Crippen molar-refractivity contribution in [3.05, 3.63) is 23.9 Å². The predicted octanol–water partition coefficient (Wildman–Crippen LogP) is 0.709. The number of aliphatic hydroxyl groups is 1. The van der Waals surface area contributed by atoms with Crippen LogP contribution in [-0.2, 0) is 4.79 Å². The molecule has 1 amide bonds. The van der Waals surface area contributed by atoms with Crippen LogP contribution in [0, 0.1) is 6.92 Å². The third-order valence-electron chi connectivity index (χ3n) is 1.63. The summed E-state index contributed by atoms with van der Waals surface area (Å²) in [6.07, 6.45) is 0.575. The van der Waals surface area contributed by atoms with E-state index < -0.39 is 12.0 Å². The van der Waals surface area contributed by atoms with Gasteiger partial charge in [0.05, 0.1) is 0 Å². The highest BCUT2D eigenvalue weighted by Gasteiger charge is 2.09. The number of carbonyl (C=O) groups is 1. The van der Waals surface area contributed by atoms with Gasteiger partial charge >= 0.3 is 0 Å². The lowest BCUT2D eigenvalue weighted by Gasteiger charge is -2.07.